The van der Waals surface area contributed by atoms with Crippen LogP contribution >= 0.6 is 11.6 Å². The first-order valence-electron chi connectivity index (χ1n) is 8.04. The lowest BCUT2D eigenvalue weighted by Crippen LogP contribution is -2.40. The van der Waals surface area contributed by atoms with Crippen molar-refractivity contribution in [1.82, 2.24) is 0 Å². The molecule has 0 heterocycles. The molecule has 2 saturated carbocycles. The summed E-state index contributed by atoms with van der Waals surface area (Å²) >= 11 is 6.43. The van der Waals surface area contributed by atoms with Crippen LogP contribution in [-0.4, -0.2) is 5.88 Å². The van der Waals surface area contributed by atoms with Gasteiger partial charge in [0.25, 0.3) is 0 Å². The minimum absolute atomic E-state index is 0.491. The Labute approximate surface area is 119 Å². The minimum Gasteiger partial charge on any atom is -0.126 e. The maximum absolute atomic E-state index is 6.43. The van der Waals surface area contributed by atoms with Crippen LogP contribution in [0.25, 0.3) is 0 Å². The zero-order valence-electron chi connectivity index (χ0n) is 12.6. The topological polar surface area (TPSA) is 0 Å². The first-order valence-corrected chi connectivity index (χ1v) is 8.57. The van der Waals surface area contributed by atoms with Crippen LogP contribution in [0.3, 0.4) is 0 Å². The summed E-state index contributed by atoms with van der Waals surface area (Å²) in [7, 11) is 0. The molecule has 0 nitrogen and oxygen atoms in total. The van der Waals surface area contributed by atoms with Crippen molar-refractivity contribution < 1.29 is 0 Å². The zero-order chi connectivity index (χ0) is 13.2. The lowest BCUT2D eigenvalue weighted by atomic mass is 9.58. The molecule has 0 aromatic carbocycles. The van der Waals surface area contributed by atoms with Crippen molar-refractivity contribution >= 4 is 11.6 Å². The number of hydrogen-bond donors (Lipinski definition) is 0. The average molecular weight is 271 g/mol. The lowest BCUT2D eigenvalue weighted by Gasteiger charge is -2.48. The minimum atomic E-state index is 0.491. The van der Waals surface area contributed by atoms with Crippen molar-refractivity contribution in [2.45, 2.75) is 78.6 Å². The molecule has 2 rings (SSSR count). The summed E-state index contributed by atoms with van der Waals surface area (Å²) in [5, 5.41) is 0. The highest BCUT2D eigenvalue weighted by atomic mass is 35.5. The summed E-state index contributed by atoms with van der Waals surface area (Å²) in [4.78, 5) is 0. The van der Waals surface area contributed by atoms with Gasteiger partial charge >= 0.3 is 0 Å². The highest BCUT2D eigenvalue weighted by Gasteiger charge is 2.43. The summed E-state index contributed by atoms with van der Waals surface area (Å²) in [6, 6.07) is 0. The van der Waals surface area contributed by atoms with E-state index in [-0.39, 0.29) is 0 Å². The quantitative estimate of drug-likeness (QED) is 0.538. The monoisotopic (exact) mass is 270 g/mol. The molecule has 0 bridgehead atoms. The molecule has 2 aliphatic rings. The van der Waals surface area contributed by atoms with Gasteiger partial charge in [0.15, 0.2) is 0 Å². The molecule has 0 unspecified atom stereocenters. The lowest BCUT2D eigenvalue weighted by molar-refractivity contribution is 0.0401. The SMILES string of the molecule is CC(C)(C)C1CCC(CCl)(C2CCCCC2)CC1. The first-order chi connectivity index (χ1) is 8.48. The van der Waals surface area contributed by atoms with Crippen LogP contribution in [0.4, 0.5) is 0 Å². The number of hydrogen-bond acceptors (Lipinski definition) is 0. The van der Waals surface area contributed by atoms with Crippen LogP contribution < -0.4 is 0 Å². The maximum atomic E-state index is 6.43. The van der Waals surface area contributed by atoms with Gasteiger partial charge in [-0.15, -0.1) is 11.6 Å². The first kappa shape index (κ1) is 14.7. The molecule has 1 heteroatoms. The predicted molar refractivity (Wildman–Crippen MR) is 81.1 cm³/mol. The van der Waals surface area contributed by atoms with E-state index < -0.39 is 0 Å². The van der Waals surface area contributed by atoms with Gasteiger partial charge in [-0.1, -0.05) is 40.0 Å². The van der Waals surface area contributed by atoms with Gasteiger partial charge in [0.1, 0.15) is 0 Å². The molecule has 0 N–H and O–H groups in total. The van der Waals surface area contributed by atoms with Crippen LogP contribution in [-0.2, 0) is 0 Å². The van der Waals surface area contributed by atoms with E-state index in [0.717, 1.165) is 17.7 Å². The van der Waals surface area contributed by atoms with Crippen molar-refractivity contribution in [3.05, 3.63) is 0 Å². The molecule has 2 aliphatic carbocycles. The molecule has 0 spiro atoms. The van der Waals surface area contributed by atoms with Gasteiger partial charge in [0.2, 0.25) is 0 Å². The van der Waals surface area contributed by atoms with E-state index in [1.165, 1.54) is 57.8 Å². The Morgan fingerprint density at radius 3 is 1.94 bits per heavy atom. The molecular formula is C17H31Cl. The zero-order valence-corrected chi connectivity index (χ0v) is 13.4. The van der Waals surface area contributed by atoms with Crippen LogP contribution in [0, 0.1) is 22.7 Å². The number of halogens is 1. The van der Waals surface area contributed by atoms with Crippen LogP contribution in [0.15, 0.2) is 0 Å². The van der Waals surface area contributed by atoms with Crippen molar-refractivity contribution in [2.75, 3.05) is 5.88 Å². The Hall–Kier alpha value is 0.290. The second kappa shape index (κ2) is 5.73. The van der Waals surface area contributed by atoms with Gasteiger partial charge in [0, 0.05) is 5.88 Å². The molecular weight excluding hydrogens is 240 g/mol. The standard InChI is InChI=1S/C17H31Cl/c1-16(2,3)14-9-11-17(13-18,12-10-14)15-7-5-4-6-8-15/h14-15H,4-13H2,1-3H3. The van der Waals surface area contributed by atoms with E-state index in [9.17, 15) is 0 Å². The Kier molecular flexibility index (Phi) is 4.68. The fourth-order valence-electron chi connectivity index (χ4n) is 4.42. The van der Waals surface area contributed by atoms with Crippen molar-refractivity contribution in [2.24, 2.45) is 22.7 Å². The fourth-order valence-corrected chi connectivity index (χ4v) is 4.91. The normalized spacial score (nSPS) is 35.7. The molecule has 0 aromatic rings. The molecule has 18 heavy (non-hydrogen) atoms. The Morgan fingerprint density at radius 1 is 0.944 bits per heavy atom. The average Bonchev–Trinajstić information content (AvgIpc) is 2.39. The van der Waals surface area contributed by atoms with E-state index in [4.69, 9.17) is 11.6 Å². The summed E-state index contributed by atoms with van der Waals surface area (Å²) in [6.07, 6.45) is 12.9. The van der Waals surface area contributed by atoms with Crippen molar-refractivity contribution in [3.63, 3.8) is 0 Å². The molecule has 0 aromatic heterocycles. The van der Waals surface area contributed by atoms with E-state index in [2.05, 4.69) is 20.8 Å². The number of alkyl halides is 1. The summed E-state index contributed by atoms with van der Waals surface area (Å²) in [5.41, 5.74) is 0.995. The maximum Gasteiger partial charge on any atom is 0.0282 e. The van der Waals surface area contributed by atoms with Gasteiger partial charge < -0.3 is 0 Å². The van der Waals surface area contributed by atoms with Crippen molar-refractivity contribution in [1.29, 1.82) is 0 Å². The van der Waals surface area contributed by atoms with Gasteiger partial charge in [0.05, 0.1) is 0 Å². The van der Waals surface area contributed by atoms with E-state index in [1.807, 2.05) is 0 Å². The van der Waals surface area contributed by atoms with Gasteiger partial charge in [-0.05, 0) is 61.2 Å². The van der Waals surface area contributed by atoms with E-state index >= 15 is 0 Å². The van der Waals surface area contributed by atoms with Gasteiger partial charge in [-0.25, -0.2) is 0 Å². The third-order valence-corrected chi connectivity index (χ3v) is 6.48. The smallest absolute Gasteiger partial charge is 0.0282 e. The third-order valence-electron chi connectivity index (χ3n) is 5.94. The molecule has 0 atom stereocenters. The Bertz CT molecular complexity index is 249. The summed E-state index contributed by atoms with van der Waals surface area (Å²) in [6.45, 7) is 7.23. The van der Waals surface area contributed by atoms with Gasteiger partial charge in [-0.2, -0.15) is 0 Å². The summed E-state index contributed by atoms with van der Waals surface area (Å²) < 4.78 is 0. The van der Waals surface area contributed by atoms with Gasteiger partial charge in [-0.3, -0.25) is 0 Å². The van der Waals surface area contributed by atoms with E-state index in [1.54, 1.807) is 0 Å². The Balaban J connectivity index is 1.99. The number of rotatable bonds is 2. The second-order valence-corrected chi connectivity index (χ2v) is 8.24. The highest BCUT2D eigenvalue weighted by Crippen LogP contribution is 2.52. The summed E-state index contributed by atoms with van der Waals surface area (Å²) in [5.74, 6) is 2.76. The third kappa shape index (κ3) is 3.06. The molecule has 0 radical (unpaired) electrons. The second-order valence-electron chi connectivity index (χ2n) is 7.97. The molecule has 2 fully saturated rings. The van der Waals surface area contributed by atoms with Crippen LogP contribution in [0.2, 0.25) is 0 Å². The molecule has 0 saturated heterocycles. The molecule has 0 amide bonds. The molecule has 0 aliphatic heterocycles. The largest absolute Gasteiger partial charge is 0.126 e. The van der Waals surface area contributed by atoms with Crippen LogP contribution in [0.1, 0.15) is 78.6 Å². The molecule has 106 valence electrons. The predicted octanol–water partition coefficient (Wildman–Crippen LogP) is 6.03. The Morgan fingerprint density at radius 2 is 1.50 bits per heavy atom. The van der Waals surface area contributed by atoms with Crippen molar-refractivity contribution in [3.8, 4) is 0 Å². The van der Waals surface area contributed by atoms with Crippen LogP contribution in [0.5, 0.6) is 0 Å². The highest BCUT2D eigenvalue weighted by molar-refractivity contribution is 6.18. The van der Waals surface area contributed by atoms with E-state index in [0.29, 0.717) is 10.8 Å². The fraction of sp³-hybridized carbons (Fsp3) is 1.00.